The Hall–Kier alpha value is -0.410. The lowest BCUT2D eigenvalue weighted by molar-refractivity contribution is 0.252. The van der Waals surface area contributed by atoms with Crippen molar-refractivity contribution in [3.05, 3.63) is 15.6 Å². The largest absolute Gasteiger partial charge is 0.319 e. The Balaban J connectivity index is 1.84. The van der Waals surface area contributed by atoms with E-state index in [1.807, 2.05) is 11.3 Å². The maximum absolute atomic E-state index is 6.38. The summed E-state index contributed by atoms with van der Waals surface area (Å²) in [4.78, 5) is 6.36. The average molecular weight is 250 g/mol. The fourth-order valence-corrected chi connectivity index (χ4v) is 4.31. The Morgan fingerprint density at radius 2 is 2.18 bits per heavy atom. The van der Waals surface area contributed by atoms with Crippen LogP contribution in [0.15, 0.2) is 0 Å². The van der Waals surface area contributed by atoms with Crippen LogP contribution in [0.2, 0.25) is 0 Å². The van der Waals surface area contributed by atoms with Gasteiger partial charge in [0.25, 0.3) is 0 Å². The molecule has 2 nitrogen and oxygen atoms in total. The highest BCUT2D eigenvalue weighted by Gasteiger charge is 2.38. The number of hydrogen-bond donors (Lipinski definition) is 1. The van der Waals surface area contributed by atoms with Crippen molar-refractivity contribution in [1.29, 1.82) is 0 Å². The van der Waals surface area contributed by atoms with Crippen molar-refractivity contribution in [1.82, 2.24) is 4.98 Å². The molecule has 1 aromatic heterocycles. The maximum atomic E-state index is 6.38. The Morgan fingerprint density at radius 3 is 2.76 bits per heavy atom. The van der Waals surface area contributed by atoms with Crippen molar-refractivity contribution >= 4 is 11.3 Å². The first-order valence-corrected chi connectivity index (χ1v) is 7.68. The predicted molar refractivity (Wildman–Crippen MR) is 72.2 cm³/mol. The second-order valence-electron chi connectivity index (χ2n) is 6.15. The number of nitrogens with two attached hydrogens (primary N) is 1. The molecule has 0 amide bonds. The fourth-order valence-electron chi connectivity index (χ4n) is 2.95. The van der Waals surface area contributed by atoms with E-state index in [2.05, 4.69) is 13.8 Å². The van der Waals surface area contributed by atoms with Crippen LogP contribution >= 0.6 is 11.3 Å². The van der Waals surface area contributed by atoms with Crippen molar-refractivity contribution in [2.24, 2.45) is 17.6 Å². The first-order chi connectivity index (χ1) is 8.08. The Kier molecular flexibility index (Phi) is 2.79. The molecule has 2 N–H and O–H groups in total. The van der Waals surface area contributed by atoms with Crippen LogP contribution in [0.1, 0.15) is 55.1 Å². The van der Waals surface area contributed by atoms with Crippen molar-refractivity contribution in [3.8, 4) is 0 Å². The third kappa shape index (κ3) is 1.93. The zero-order valence-corrected chi connectivity index (χ0v) is 11.6. The molecule has 0 saturated heterocycles. The van der Waals surface area contributed by atoms with Gasteiger partial charge in [0, 0.05) is 4.88 Å². The summed E-state index contributed by atoms with van der Waals surface area (Å²) < 4.78 is 0. The standard InChI is InChI=1S/C14H22N2S/c1-9(2)10-4-5-11-12(8-10)17-13(16-11)14(15)6-3-7-14/h9-10H,3-8,15H2,1-2H3. The van der Waals surface area contributed by atoms with Crippen molar-refractivity contribution in [2.45, 2.75) is 57.9 Å². The molecule has 1 aromatic rings. The van der Waals surface area contributed by atoms with E-state index in [0.717, 1.165) is 24.7 Å². The molecule has 2 aliphatic carbocycles. The average Bonchev–Trinajstić information content (AvgIpc) is 2.68. The molecule has 0 spiro atoms. The van der Waals surface area contributed by atoms with E-state index in [1.54, 1.807) is 0 Å². The normalized spacial score (nSPS) is 26.7. The van der Waals surface area contributed by atoms with Crippen LogP contribution in [0.4, 0.5) is 0 Å². The molecule has 17 heavy (non-hydrogen) atoms. The van der Waals surface area contributed by atoms with Crippen LogP contribution in [-0.4, -0.2) is 4.98 Å². The van der Waals surface area contributed by atoms with Gasteiger partial charge >= 0.3 is 0 Å². The van der Waals surface area contributed by atoms with Gasteiger partial charge in [0.2, 0.25) is 0 Å². The van der Waals surface area contributed by atoms with Crippen LogP contribution in [0.5, 0.6) is 0 Å². The molecule has 3 heteroatoms. The fraction of sp³-hybridized carbons (Fsp3) is 0.786. The topological polar surface area (TPSA) is 38.9 Å². The van der Waals surface area contributed by atoms with Crippen LogP contribution in [0.3, 0.4) is 0 Å². The highest BCUT2D eigenvalue weighted by atomic mass is 32.1. The molecule has 1 fully saturated rings. The molecule has 1 unspecified atom stereocenters. The molecule has 0 aliphatic heterocycles. The van der Waals surface area contributed by atoms with Gasteiger partial charge in [0.15, 0.2) is 0 Å². The van der Waals surface area contributed by atoms with Gasteiger partial charge in [-0.15, -0.1) is 11.3 Å². The molecule has 0 radical (unpaired) electrons. The third-order valence-electron chi connectivity index (χ3n) is 4.59. The van der Waals surface area contributed by atoms with E-state index in [9.17, 15) is 0 Å². The molecular formula is C14H22N2S. The van der Waals surface area contributed by atoms with Crippen LogP contribution in [-0.2, 0) is 18.4 Å². The maximum Gasteiger partial charge on any atom is 0.113 e. The summed E-state index contributed by atoms with van der Waals surface area (Å²) >= 11 is 1.90. The first-order valence-electron chi connectivity index (χ1n) is 6.86. The Labute approximate surface area is 108 Å². The molecule has 0 aromatic carbocycles. The molecule has 1 heterocycles. The molecule has 0 bridgehead atoms. The van der Waals surface area contributed by atoms with E-state index in [0.29, 0.717) is 0 Å². The van der Waals surface area contributed by atoms with Gasteiger partial charge in [-0.1, -0.05) is 13.8 Å². The van der Waals surface area contributed by atoms with Gasteiger partial charge in [0.1, 0.15) is 5.01 Å². The minimum absolute atomic E-state index is 0.0602. The lowest BCUT2D eigenvalue weighted by Gasteiger charge is -2.35. The third-order valence-corrected chi connectivity index (χ3v) is 5.93. The Bertz CT molecular complexity index is 418. The summed E-state index contributed by atoms with van der Waals surface area (Å²) in [6.45, 7) is 4.68. The molecule has 1 atom stereocenters. The van der Waals surface area contributed by atoms with Gasteiger partial charge in [-0.2, -0.15) is 0 Å². The van der Waals surface area contributed by atoms with Crippen LogP contribution in [0.25, 0.3) is 0 Å². The second-order valence-corrected chi connectivity index (χ2v) is 7.23. The van der Waals surface area contributed by atoms with Gasteiger partial charge in [-0.3, -0.25) is 0 Å². The van der Waals surface area contributed by atoms with E-state index < -0.39 is 0 Å². The number of nitrogens with zero attached hydrogens (tertiary/aromatic N) is 1. The summed E-state index contributed by atoms with van der Waals surface area (Å²) in [6, 6.07) is 0. The minimum Gasteiger partial charge on any atom is -0.319 e. The molecular weight excluding hydrogens is 228 g/mol. The summed E-state index contributed by atoms with van der Waals surface area (Å²) in [5, 5.41) is 1.22. The number of rotatable bonds is 2. The first kappa shape index (κ1) is 11.7. The number of thiazole rings is 1. The van der Waals surface area contributed by atoms with Crippen molar-refractivity contribution in [2.75, 3.05) is 0 Å². The van der Waals surface area contributed by atoms with Crippen molar-refractivity contribution < 1.29 is 0 Å². The molecule has 94 valence electrons. The zero-order valence-electron chi connectivity index (χ0n) is 10.8. The van der Waals surface area contributed by atoms with Gasteiger partial charge in [-0.05, 0) is 50.4 Å². The van der Waals surface area contributed by atoms with E-state index in [1.165, 1.54) is 41.3 Å². The Morgan fingerprint density at radius 1 is 1.41 bits per heavy atom. The van der Waals surface area contributed by atoms with Crippen molar-refractivity contribution in [3.63, 3.8) is 0 Å². The summed E-state index contributed by atoms with van der Waals surface area (Å²) in [7, 11) is 0. The molecule has 1 saturated carbocycles. The second kappa shape index (κ2) is 4.06. The zero-order chi connectivity index (χ0) is 12.0. The lowest BCUT2D eigenvalue weighted by atomic mass is 9.78. The summed E-state index contributed by atoms with van der Waals surface area (Å²) in [5.74, 6) is 1.65. The van der Waals surface area contributed by atoms with Crippen LogP contribution < -0.4 is 5.73 Å². The summed E-state index contributed by atoms with van der Waals surface area (Å²) in [6.07, 6.45) is 7.26. The monoisotopic (exact) mass is 250 g/mol. The number of hydrogen-bond acceptors (Lipinski definition) is 3. The van der Waals surface area contributed by atoms with Gasteiger partial charge in [0.05, 0.1) is 11.2 Å². The lowest BCUT2D eigenvalue weighted by Crippen LogP contribution is -2.43. The predicted octanol–water partition coefficient (Wildman–Crippen LogP) is 3.24. The van der Waals surface area contributed by atoms with E-state index in [4.69, 9.17) is 10.7 Å². The van der Waals surface area contributed by atoms with E-state index in [-0.39, 0.29) is 5.54 Å². The number of fused-ring (bicyclic) bond motifs is 1. The quantitative estimate of drug-likeness (QED) is 0.875. The van der Waals surface area contributed by atoms with E-state index >= 15 is 0 Å². The highest BCUT2D eigenvalue weighted by Crippen LogP contribution is 2.43. The molecule has 2 aliphatic rings. The highest BCUT2D eigenvalue weighted by molar-refractivity contribution is 7.11. The smallest absolute Gasteiger partial charge is 0.113 e. The SMILES string of the molecule is CC(C)C1CCc2nc(C3(N)CCC3)sc2C1. The van der Waals surface area contributed by atoms with Gasteiger partial charge in [-0.25, -0.2) is 4.98 Å². The number of aromatic nitrogens is 1. The molecule has 3 rings (SSSR count). The number of aryl methyl sites for hydroxylation is 1. The summed E-state index contributed by atoms with van der Waals surface area (Å²) in [5.41, 5.74) is 7.68. The minimum atomic E-state index is -0.0602. The van der Waals surface area contributed by atoms with Crippen LogP contribution in [0, 0.1) is 11.8 Å². The van der Waals surface area contributed by atoms with Gasteiger partial charge < -0.3 is 5.73 Å².